The lowest BCUT2D eigenvalue weighted by Gasteiger charge is -1.99. The Bertz CT molecular complexity index is 188. The largest absolute Gasteiger partial charge is 0.298 e. The van der Waals surface area contributed by atoms with Crippen LogP contribution in [0.5, 0.6) is 0 Å². The number of carbonyl (C=O) groups excluding carboxylic acids is 1. The molecule has 1 heteroatoms. The van der Waals surface area contributed by atoms with Crippen molar-refractivity contribution in [1.82, 2.24) is 0 Å². The molecule has 0 heterocycles. The van der Waals surface area contributed by atoms with Gasteiger partial charge in [0.05, 0.1) is 0 Å². The van der Waals surface area contributed by atoms with Crippen LogP contribution >= 0.6 is 0 Å². The van der Waals surface area contributed by atoms with E-state index in [4.69, 9.17) is 0 Å². The lowest BCUT2D eigenvalue weighted by atomic mass is 10.1. The van der Waals surface area contributed by atoms with Crippen LogP contribution < -0.4 is 0 Å². The molecule has 0 aliphatic rings. The quantitative estimate of drug-likeness (QED) is 0.225. The van der Waals surface area contributed by atoms with E-state index in [0.29, 0.717) is 0 Å². The van der Waals surface area contributed by atoms with Gasteiger partial charge in [-0.25, -0.2) is 0 Å². The van der Waals surface area contributed by atoms with Crippen molar-refractivity contribution in [2.24, 2.45) is 0 Å². The molecule has 0 N–H and O–H groups in total. The first-order valence-corrected chi connectivity index (χ1v) is 6.26. The second-order valence-corrected chi connectivity index (χ2v) is 3.94. The van der Waals surface area contributed by atoms with Crippen LogP contribution in [0.3, 0.4) is 0 Å². The van der Waals surface area contributed by atoms with E-state index in [9.17, 15) is 4.79 Å². The van der Waals surface area contributed by atoms with Gasteiger partial charge in [0.25, 0.3) is 0 Å². The van der Waals surface area contributed by atoms with Gasteiger partial charge < -0.3 is 0 Å². The van der Waals surface area contributed by atoms with E-state index in [1.54, 1.807) is 0 Å². The van der Waals surface area contributed by atoms with Crippen molar-refractivity contribution < 1.29 is 4.79 Å². The average Bonchev–Trinajstić information content (AvgIpc) is 2.26. The summed E-state index contributed by atoms with van der Waals surface area (Å²) in [5, 5.41) is 0. The van der Waals surface area contributed by atoms with Gasteiger partial charge >= 0.3 is 0 Å². The fourth-order valence-corrected chi connectivity index (χ4v) is 1.57. The predicted molar refractivity (Wildman–Crippen MR) is 65.9 cm³/mol. The Morgan fingerprint density at radius 2 is 1.53 bits per heavy atom. The molecule has 0 aliphatic heterocycles. The van der Waals surface area contributed by atoms with Crippen molar-refractivity contribution in [2.75, 3.05) is 0 Å². The van der Waals surface area contributed by atoms with Gasteiger partial charge in [-0.05, 0) is 18.9 Å². The summed E-state index contributed by atoms with van der Waals surface area (Å²) < 4.78 is 0. The fourth-order valence-electron chi connectivity index (χ4n) is 1.57. The molecule has 0 spiro atoms. The molecule has 0 bridgehead atoms. The standard InChI is InChI=1S/C14H24O/c1-2-3-4-5-6-7-8-9-10-11-12-13-14-15/h11,13-14H,2-10H2,1H3. The maximum atomic E-state index is 9.93. The highest BCUT2D eigenvalue weighted by atomic mass is 16.1. The molecule has 1 nitrogen and oxygen atoms in total. The molecule has 0 radical (unpaired) electrons. The molecule has 0 amide bonds. The smallest absolute Gasteiger partial charge is 0.150 e. The van der Waals surface area contributed by atoms with E-state index in [0.717, 1.165) is 12.7 Å². The minimum absolute atomic E-state index is 0.768. The zero-order chi connectivity index (χ0) is 11.2. The summed E-state index contributed by atoms with van der Waals surface area (Å²) in [5.74, 6) is 0. The number of hydrogen-bond acceptors (Lipinski definition) is 1. The van der Waals surface area contributed by atoms with Crippen LogP contribution in [-0.2, 0) is 4.79 Å². The first kappa shape index (κ1) is 14.2. The summed E-state index contributed by atoms with van der Waals surface area (Å²) in [7, 11) is 0. The molecular weight excluding hydrogens is 184 g/mol. The lowest BCUT2D eigenvalue weighted by Crippen LogP contribution is -1.79. The summed E-state index contributed by atoms with van der Waals surface area (Å²) in [5.41, 5.74) is 2.84. The van der Waals surface area contributed by atoms with Crippen LogP contribution in [0.15, 0.2) is 17.9 Å². The predicted octanol–water partition coefficient (Wildman–Crippen LogP) is 4.43. The maximum absolute atomic E-state index is 9.93. The molecule has 15 heavy (non-hydrogen) atoms. The van der Waals surface area contributed by atoms with Crippen LogP contribution in [0.4, 0.5) is 0 Å². The van der Waals surface area contributed by atoms with Crippen molar-refractivity contribution in [1.29, 1.82) is 0 Å². The molecule has 0 saturated heterocycles. The summed E-state index contributed by atoms with van der Waals surface area (Å²) in [6.07, 6.45) is 16.0. The normalized spacial score (nSPS) is 9.40. The Balaban J connectivity index is 3.05. The summed E-state index contributed by atoms with van der Waals surface area (Å²) in [6.45, 7) is 2.25. The van der Waals surface area contributed by atoms with Gasteiger partial charge in [0.2, 0.25) is 0 Å². The molecular formula is C14H24O. The van der Waals surface area contributed by atoms with E-state index in [1.165, 1.54) is 57.4 Å². The van der Waals surface area contributed by atoms with Crippen molar-refractivity contribution in [3.05, 3.63) is 17.9 Å². The molecule has 0 saturated carbocycles. The van der Waals surface area contributed by atoms with Crippen molar-refractivity contribution in [3.8, 4) is 0 Å². The molecule has 0 aromatic carbocycles. The Morgan fingerprint density at radius 3 is 2.13 bits per heavy atom. The maximum Gasteiger partial charge on any atom is 0.150 e. The highest BCUT2D eigenvalue weighted by Crippen LogP contribution is 2.09. The lowest BCUT2D eigenvalue weighted by molar-refractivity contribution is -0.104. The van der Waals surface area contributed by atoms with Crippen molar-refractivity contribution >= 4 is 6.29 Å². The second kappa shape index (κ2) is 13.2. The third-order valence-corrected chi connectivity index (χ3v) is 2.48. The van der Waals surface area contributed by atoms with Crippen molar-refractivity contribution in [3.63, 3.8) is 0 Å². The minimum atomic E-state index is 0.768. The topological polar surface area (TPSA) is 17.1 Å². The zero-order valence-electron chi connectivity index (χ0n) is 10.0. The van der Waals surface area contributed by atoms with E-state index in [-0.39, 0.29) is 0 Å². The third-order valence-electron chi connectivity index (χ3n) is 2.48. The Morgan fingerprint density at radius 1 is 0.933 bits per heavy atom. The van der Waals surface area contributed by atoms with Crippen LogP contribution in [0.25, 0.3) is 0 Å². The summed E-state index contributed by atoms with van der Waals surface area (Å²) >= 11 is 0. The molecule has 0 aromatic rings. The van der Waals surface area contributed by atoms with E-state index in [1.807, 2.05) is 6.08 Å². The Hall–Kier alpha value is -0.810. The minimum Gasteiger partial charge on any atom is -0.298 e. The van der Waals surface area contributed by atoms with Crippen LogP contribution in [-0.4, -0.2) is 6.29 Å². The summed E-state index contributed by atoms with van der Waals surface area (Å²) in [6, 6.07) is 0. The second-order valence-electron chi connectivity index (χ2n) is 3.94. The first-order chi connectivity index (χ1) is 7.41. The molecule has 0 aliphatic carbocycles. The Kier molecular flexibility index (Phi) is 12.5. The van der Waals surface area contributed by atoms with Crippen LogP contribution in [0.2, 0.25) is 0 Å². The fraction of sp³-hybridized carbons (Fsp3) is 0.714. The SMILES string of the molecule is CCCCCCCCCCC=C=CC=O. The van der Waals surface area contributed by atoms with Crippen molar-refractivity contribution in [2.45, 2.75) is 64.7 Å². The van der Waals surface area contributed by atoms with Gasteiger partial charge in [-0.3, -0.25) is 4.79 Å². The van der Waals surface area contributed by atoms with Gasteiger partial charge in [0.1, 0.15) is 0 Å². The van der Waals surface area contributed by atoms with Crippen LogP contribution in [0.1, 0.15) is 64.7 Å². The molecule has 0 fully saturated rings. The highest BCUT2D eigenvalue weighted by molar-refractivity contribution is 5.64. The first-order valence-electron chi connectivity index (χ1n) is 6.26. The van der Waals surface area contributed by atoms with E-state index in [2.05, 4.69) is 12.7 Å². The average molecular weight is 208 g/mol. The van der Waals surface area contributed by atoms with Gasteiger partial charge in [0.15, 0.2) is 6.29 Å². The number of unbranched alkanes of at least 4 members (excludes halogenated alkanes) is 8. The number of aldehydes is 1. The molecule has 0 unspecified atom stereocenters. The van der Waals surface area contributed by atoms with Gasteiger partial charge in [-0.1, -0.05) is 51.9 Å². The Labute approximate surface area is 94.3 Å². The van der Waals surface area contributed by atoms with Gasteiger partial charge in [-0.15, -0.1) is 5.73 Å². The number of hydrogen-bond donors (Lipinski definition) is 0. The third kappa shape index (κ3) is 13.2. The highest BCUT2D eigenvalue weighted by Gasteiger charge is 1.89. The van der Waals surface area contributed by atoms with E-state index < -0.39 is 0 Å². The number of rotatable bonds is 10. The van der Waals surface area contributed by atoms with Gasteiger partial charge in [0, 0.05) is 6.08 Å². The molecule has 0 rings (SSSR count). The van der Waals surface area contributed by atoms with Gasteiger partial charge in [-0.2, -0.15) is 0 Å². The summed E-state index contributed by atoms with van der Waals surface area (Å²) in [4.78, 5) is 9.93. The monoisotopic (exact) mass is 208 g/mol. The molecule has 0 aromatic heterocycles. The van der Waals surface area contributed by atoms with E-state index >= 15 is 0 Å². The number of carbonyl (C=O) groups is 1. The van der Waals surface area contributed by atoms with Crippen LogP contribution in [0, 0.1) is 0 Å². The number of allylic oxidation sites excluding steroid dienone is 1. The molecule has 0 atom stereocenters. The zero-order valence-corrected chi connectivity index (χ0v) is 10.0. The molecule has 86 valence electrons.